The molecule has 2 fully saturated rings. The second-order valence-electron chi connectivity index (χ2n) is 7.82. The van der Waals surface area contributed by atoms with E-state index in [0.717, 1.165) is 65.4 Å². The van der Waals surface area contributed by atoms with Crippen LogP contribution in [0.25, 0.3) is 5.69 Å². The maximum atomic E-state index is 12.9. The largest absolute Gasteiger partial charge is 0.340 e. The molecule has 5 nitrogen and oxygen atoms in total. The topological polar surface area (TPSA) is 41.4 Å². The lowest BCUT2D eigenvalue weighted by Gasteiger charge is -2.34. The molecule has 1 saturated carbocycles. The van der Waals surface area contributed by atoms with Crippen molar-refractivity contribution in [2.75, 3.05) is 26.2 Å². The number of carbonyl (C=O) groups excluding carboxylic acids is 1. The van der Waals surface area contributed by atoms with Crippen molar-refractivity contribution >= 4 is 17.5 Å². The average molecular weight is 387 g/mol. The first kappa shape index (κ1) is 18.5. The van der Waals surface area contributed by atoms with E-state index in [-0.39, 0.29) is 5.91 Å². The van der Waals surface area contributed by atoms with Gasteiger partial charge in [0, 0.05) is 48.5 Å². The van der Waals surface area contributed by atoms with Crippen molar-refractivity contribution in [3.8, 4) is 5.69 Å². The maximum Gasteiger partial charge on any atom is 0.227 e. The molecule has 1 aromatic heterocycles. The van der Waals surface area contributed by atoms with Crippen molar-refractivity contribution in [2.45, 2.75) is 46.1 Å². The summed E-state index contributed by atoms with van der Waals surface area (Å²) in [6, 6.07) is 6.73. The molecule has 27 heavy (non-hydrogen) atoms. The highest BCUT2D eigenvalue weighted by molar-refractivity contribution is 6.31. The van der Waals surface area contributed by atoms with Crippen molar-refractivity contribution in [1.29, 1.82) is 0 Å². The number of halogens is 1. The van der Waals surface area contributed by atoms with Gasteiger partial charge in [0.2, 0.25) is 5.91 Å². The highest BCUT2D eigenvalue weighted by Gasteiger charge is 2.32. The number of piperazine rings is 1. The van der Waals surface area contributed by atoms with Gasteiger partial charge >= 0.3 is 0 Å². The smallest absolute Gasteiger partial charge is 0.227 e. The van der Waals surface area contributed by atoms with E-state index in [1.165, 1.54) is 12.8 Å². The molecule has 1 amide bonds. The quantitative estimate of drug-likeness (QED) is 0.809. The second kappa shape index (κ2) is 7.28. The van der Waals surface area contributed by atoms with Crippen LogP contribution in [-0.4, -0.2) is 57.7 Å². The monoisotopic (exact) mass is 386 g/mol. The lowest BCUT2D eigenvalue weighted by atomic mass is 10.1. The lowest BCUT2D eigenvalue weighted by Crippen LogP contribution is -2.49. The molecule has 6 heteroatoms. The van der Waals surface area contributed by atoms with E-state index in [9.17, 15) is 4.79 Å². The van der Waals surface area contributed by atoms with Gasteiger partial charge in [0.25, 0.3) is 0 Å². The number of rotatable bonds is 4. The lowest BCUT2D eigenvalue weighted by molar-refractivity contribution is -0.132. The molecular weight excluding hydrogens is 360 g/mol. The molecule has 0 radical (unpaired) electrons. The molecule has 1 aromatic carbocycles. The Bertz CT molecular complexity index is 863. The van der Waals surface area contributed by atoms with Gasteiger partial charge < -0.3 is 4.90 Å². The molecule has 2 heterocycles. The summed E-state index contributed by atoms with van der Waals surface area (Å²) in [6.07, 6.45) is 3.07. The Hall–Kier alpha value is -1.85. The summed E-state index contributed by atoms with van der Waals surface area (Å²) in [5, 5.41) is 5.40. The molecule has 0 N–H and O–H groups in total. The zero-order valence-electron chi connectivity index (χ0n) is 16.3. The van der Waals surface area contributed by atoms with E-state index < -0.39 is 0 Å². The van der Waals surface area contributed by atoms with E-state index in [2.05, 4.69) is 10.00 Å². The molecule has 144 valence electrons. The molecule has 1 aliphatic carbocycles. The van der Waals surface area contributed by atoms with Crippen LogP contribution >= 0.6 is 11.6 Å². The molecule has 2 aliphatic rings. The van der Waals surface area contributed by atoms with Crippen LogP contribution in [0.15, 0.2) is 18.2 Å². The Morgan fingerprint density at radius 3 is 2.48 bits per heavy atom. The Morgan fingerprint density at radius 2 is 1.85 bits per heavy atom. The molecule has 0 spiro atoms. The van der Waals surface area contributed by atoms with Gasteiger partial charge in [0.05, 0.1) is 17.8 Å². The van der Waals surface area contributed by atoms with E-state index in [4.69, 9.17) is 11.6 Å². The number of hydrogen-bond acceptors (Lipinski definition) is 3. The SMILES string of the molecule is Cc1ccc(-n2nc(C)c(CC(=O)N3CCN(C4CC4)CC3)c2C)cc1Cl. The molecule has 0 atom stereocenters. The Kier molecular flexibility index (Phi) is 4.99. The maximum absolute atomic E-state index is 12.9. The number of hydrogen-bond donors (Lipinski definition) is 0. The van der Waals surface area contributed by atoms with Crippen LogP contribution in [0, 0.1) is 20.8 Å². The van der Waals surface area contributed by atoms with Crippen LogP contribution in [-0.2, 0) is 11.2 Å². The fraction of sp³-hybridized carbons (Fsp3) is 0.524. The summed E-state index contributed by atoms with van der Waals surface area (Å²) in [7, 11) is 0. The minimum Gasteiger partial charge on any atom is -0.340 e. The molecule has 4 rings (SSSR count). The number of carbonyl (C=O) groups is 1. The zero-order valence-corrected chi connectivity index (χ0v) is 17.1. The van der Waals surface area contributed by atoms with Crippen LogP contribution in [0.3, 0.4) is 0 Å². The van der Waals surface area contributed by atoms with E-state index >= 15 is 0 Å². The average Bonchev–Trinajstić information content (AvgIpc) is 3.47. The standard InChI is InChI=1S/C21H27ClN4O/c1-14-4-5-18(12-20(14)22)26-16(3)19(15(2)23-26)13-21(27)25-10-8-24(9-11-25)17-6-7-17/h4-5,12,17H,6-11,13H2,1-3H3. The molecule has 1 saturated heterocycles. The Labute approximate surface area is 165 Å². The molecule has 2 aromatic rings. The molecular formula is C21H27ClN4O. The van der Waals surface area contributed by atoms with Crippen molar-refractivity contribution in [1.82, 2.24) is 19.6 Å². The van der Waals surface area contributed by atoms with Gasteiger partial charge in [0.15, 0.2) is 0 Å². The van der Waals surface area contributed by atoms with Gasteiger partial charge in [-0.15, -0.1) is 0 Å². The number of nitrogens with zero attached hydrogens (tertiary/aromatic N) is 4. The fourth-order valence-corrected chi connectivity index (χ4v) is 4.11. The normalized spacial score (nSPS) is 18.1. The Morgan fingerprint density at radius 1 is 1.15 bits per heavy atom. The first-order valence-corrected chi connectivity index (χ1v) is 10.2. The van der Waals surface area contributed by atoms with Gasteiger partial charge in [-0.3, -0.25) is 9.69 Å². The summed E-state index contributed by atoms with van der Waals surface area (Å²) in [5.41, 5.74) is 4.93. The van der Waals surface area contributed by atoms with Crippen LogP contribution in [0.4, 0.5) is 0 Å². The van der Waals surface area contributed by atoms with Gasteiger partial charge in [-0.2, -0.15) is 5.10 Å². The molecule has 0 bridgehead atoms. The van der Waals surface area contributed by atoms with Gasteiger partial charge in [-0.1, -0.05) is 17.7 Å². The number of amides is 1. The summed E-state index contributed by atoms with van der Waals surface area (Å²) in [4.78, 5) is 17.4. The van der Waals surface area contributed by atoms with E-state index in [1.807, 2.05) is 48.6 Å². The summed E-state index contributed by atoms with van der Waals surface area (Å²) in [6.45, 7) is 9.70. The number of aryl methyl sites for hydroxylation is 2. The molecule has 0 unspecified atom stereocenters. The third-order valence-electron chi connectivity index (χ3n) is 5.90. The summed E-state index contributed by atoms with van der Waals surface area (Å²) < 4.78 is 1.90. The highest BCUT2D eigenvalue weighted by Crippen LogP contribution is 2.28. The predicted octanol–water partition coefficient (Wildman–Crippen LogP) is 3.30. The minimum atomic E-state index is 0.207. The summed E-state index contributed by atoms with van der Waals surface area (Å²) in [5.74, 6) is 0.207. The van der Waals surface area contributed by atoms with Crippen molar-refractivity contribution in [2.24, 2.45) is 0 Å². The van der Waals surface area contributed by atoms with Gasteiger partial charge in [-0.25, -0.2) is 4.68 Å². The fourth-order valence-electron chi connectivity index (χ4n) is 3.93. The highest BCUT2D eigenvalue weighted by atomic mass is 35.5. The second-order valence-corrected chi connectivity index (χ2v) is 8.23. The zero-order chi connectivity index (χ0) is 19.1. The Balaban J connectivity index is 1.48. The van der Waals surface area contributed by atoms with Crippen LogP contribution in [0.1, 0.15) is 35.4 Å². The van der Waals surface area contributed by atoms with Crippen LogP contribution < -0.4 is 0 Å². The van der Waals surface area contributed by atoms with Crippen molar-refractivity contribution in [3.63, 3.8) is 0 Å². The minimum absolute atomic E-state index is 0.207. The third-order valence-corrected chi connectivity index (χ3v) is 6.31. The first-order chi connectivity index (χ1) is 12.9. The van der Waals surface area contributed by atoms with Gasteiger partial charge in [-0.05, 0) is 51.3 Å². The van der Waals surface area contributed by atoms with Crippen LogP contribution in [0.5, 0.6) is 0 Å². The number of benzene rings is 1. The number of aromatic nitrogens is 2. The van der Waals surface area contributed by atoms with E-state index in [1.54, 1.807) is 0 Å². The predicted molar refractivity (Wildman–Crippen MR) is 108 cm³/mol. The third kappa shape index (κ3) is 3.76. The van der Waals surface area contributed by atoms with Crippen molar-refractivity contribution in [3.05, 3.63) is 45.7 Å². The van der Waals surface area contributed by atoms with Gasteiger partial charge in [0.1, 0.15) is 0 Å². The summed E-state index contributed by atoms with van der Waals surface area (Å²) >= 11 is 6.28. The van der Waals surface area contributed by atoms with Crippen molar-refractivity contribution < 1.29 is 4.79 Å². The molecule has 1 aliphatic heterocycles. The first-order valence-electron chi connectivity index (χ1n) is 9.77. The van der Waals surface area contributed by atoms with E-state index in [0.29, 0.717) is 6.42 Å². The van der Waals surface area contributed by atoms with Crippen LogP contribution in [0.2, 0.25) is 5.02 Å².